The van der Waals surface area contributed by atoms with Crippen LogP contribution in [0.25, 0.3) is 0 Å². The number of rotatable bonds is 0. The summed E-state index contributed by atoms with van der Waals surface area (Å²) < 4.78 is 6.88. The second-order valence-electron chi connectivity index (χ2n) is 2.50. The van der Waals surface area contributed by atoms with Crippen LogP contribution in [0.5, 0.6) is 0 Å². The highest BCUT2D eigenvalue weighted by Crippen LogP contribution is 2.21. The number of hydrogen-bond acceptors (Lipinski definition) is 3. The molecule has 0 bridgehead atoms. The number of aromatic nitrogens is 2. The van der Waals surface area contributed by atoms with Crippen molar-refractivity contribution in [1.29, 1.82) is 5.26 Å². The van der Waals surface area contributed by atoms with Gasteiger partial charge in [-0.05, 0) is 0 Å². The first-order chi connectivity index (χ1) is 5.33. The van der Waals surface area contributed by atoms with Crippen LogP contribution in [0.3, 0.4) is 0 Å². The van der Waals surface area contributed by atoms with E-state index in [4.69, 9.17) is 10.00 Å². The van der Waals surface area contributed by atoms with Gasteiger partial charge in [0, 0.05) is 12.6 Å². The van der Waals surface area contributed by atoms with Gasteiger partial charge in [0.1, 0.15) is 6.07 Å². The van der Waals surface area contributed by atoms with Crippen molar-refractivity contribution in [3.05, 3.63) is 17.0 Å². The fourth-order valence-corrected chi connectivity index (χ4v) is 1.27. The van der Waals surface area contributed by atoms with Gasteiger partial charge in [0.05, 0.1) is 18.9 Å². The highest BCUT2D eigenvalue weighted by atomic mass is 16.5. The van der Waals surface area contributed by atoms with Gasteiger partial charge in [0.15, 0.2) is 5.69 Å². The number of aryl methyl sites for hydroxylation is 1. The quantitative estimate of drug-likeness (QED) is 0.533. The Morgan fingerprint density at radius 3 is 3.18 bits per heavy atom. The Labute approximate surface area is 64.0 Å². The van der Waals surface area contributed by atoms with Crippen LogP contribution in [0.1, 0.15) is 17.0 Å². The molecular weight excluding hydrogens is 142 g/mol. The first-order valence-corrected chi connectivity index (χ1v) is 3.35. The maximum atomic E-state index is 8.63. The summed E-state index contributed by atoms with van der Waals surface area (Å²) in [7, 11) is 1.83. The van der Waals surface area contributed by atoms with Gasteiger partial charge in [0.25, 0.3) is 0 Å². The molecule has 0 aromatic carbocycles. The number of hydrogen-bond donors (Lipinski definition) is 0. The maximum Gasteiger partial charge on any atom is 0.168 e. The Hall–Kier alpha value is -1.34. The van der Waals surface area contributed by atoms with Gasteiger partial charge < -0.3 is 4.74 Å². The number of ether oxygens (including phenoxy) is 1. The summed E-state index contributed by atoms with van der Waals surface area (Å²) in [4.78, 5) is 0. The molecule has 2 heterocycles. The summed E-state index contributed by atoms with van der Waals surface area (Å²) in [5.41, 5.74) is 2.48. The van der Waals surface area contributed by atoms with E-state index in [1.807, 2.05) is 13.1 Å². The summed E-state index contributed by atoms with van der Waals surface area (Å²) in [5, 5.41) is 12.7. The average molecular weight is 149 g/mol. The van der Waals surface area contributed by atoms with E-state index in [1.165, 1.54) is 0 Å². The van der Waals surface area contributed by atoms with E-state index in [-0.39, 0.29) is 0 Å². The molecular formula is C7H7N3O. The summed E-state index contributed by atoms with van der Waals surface area (Å²) in [6.45, 7) is 1.12. The molecule has 0 fully saturated rings. The molecule has 1 aliphatic rings. The van der Waals surface area contributed by atoms with E-state index < -0.39 is 0 Å². The van der Waals surface area contributed by atoms with Crippen molar-refractivity contribution in [3.8, 4) is 6.07 Å². The van der Waals surface area contributed by atoms with Crippen molar-refractivity contribution in [2.45, 2.75) is 13.2 Å². The summed E-state index contributed by atoms with van der Waals surface area (Å²) in [6.07, 6.45) is 0. The first-order valence-electron chi connectivity index (χ1n) is 3.35. The topological polar surface area (TPSA) is 50.8 Å². The fraction of sp³-hybridized carbons (Fsp3) is 0.429. The summed E-state index contributed by atoms with van der Waals surface area (Å²) >= 11 is 0. The summed E-state index contributed by atoms with van der Waals surface area (Å²) in [5.74, 6) is 0. The maximum absolute atomic E-state index is 8.63. The molecule has 0 atom stereocenters. The van der Waals surface area contributed by atoms with Crippen LogP contribution >= 0.6 is 0 Å². The van der Waals surface area contributed by atoms with E-state index in [2.05, 4.69) is 5.10 Å². The molecule has 2 rings (SSSR count). The second-order valence-corrected chi connectivity index (χ2v) is 2.50. The van der Waals surface area contributed by atoms with Gasteiger partial charge in [-0.2, -0.15) is 10.4 Å². The molecule has 0 unspecified atom stereocenters. The van der Waals surface area contributed by atoms with E-state index >= 15 is 0 Å². The van der Waals surface area contributed by atoms with E-state index in [9.17, 15) is 0 Å². The summed E-state index contributed by atoms with van der Waals surface area (Å²) in [6, 6.07) is 2.04. The third-order valence-electron chi connectivity index (χ3n) is 1.87. The van der Waals surface area contributed by atoms with E-state index in [1.54, 1.807) is 4.68 Å². The van der Waals surface area contributed by atoms with Gasteiger partial charge in [-0.3, -0.25) is 4.68 Å². The predicted molar refractivity (Wildman–Crippen MR) is 36.4 cm³/mol. The molecule has 56 valence electrons. The second kappa shape index (κ2) is 2.07. The monoisotopic (exact) mass is 149 g/mol. The Morgan fingerprint density at radius 2 is 2.45 bits per heavy atom. The molecule has 0 aliphatic carbocycles. The zero-order valence-corrected chi connectivity index (χ0v) is 6.16. The molecule has 0 N–H and O–H groups in total. The molecule has 0 saturated carbocycles. The normalized spacial score (nSPS) is 14.5. The smallest absolute Gasteiger partial charge is 0.168 e. The molecule has 11 heavy (non-hydrogen) atoms. The lowest BCUT2D eigenvalue weighted by Gasteiger charge is -1.92. The lowest BCUT2D eigenvalue weighted by atomic mass is 10.2. The lowest BCUT2D eigenvalue weighted by Crippen LogP contribution is -1.96. The van der Waals surface area contributed by atoms with Crippen molar-refractivity contribution in [1.82, 2.24) is 9.78 Å². The third-order valence-corrected chi connectivity index (χ3v) is 1.87. The minimum atomic E-state index is 0.500. The molecule has 1 aliphatic heterocycles. The van der Waals surface area contributed by atoms with Gasteiger partial charge >= 0.3 is 0 Å². The molecule has 4 heteroatoms. The van der Waals surface area contributed by atoms with Gasteiger partial charge in [0.2, 0.25) is 0 Å². The minimum Gasteiger partial charge on any atom is -0.370 e. The van der Waals surface area contributed by atoms with Crippen LogP contribution in [0.15, 0.2) is 0 Å². The third kappa shape index (κ3) is 0.748. The highest BCUT2D eigenvalue weighted by Gasteiger charge is 2.20. The van der Waals surface area contributed by atoms with Crippen LogP contribution in [-0.2, 0) is 25.0 Å². The van der Waals surface area contributed by atoms with Crippen molar-refractivity contribution in [2.24, 2.45) is 7.05 Å². The van der Waals surface area contributed by atoms with Crippen molar-refractivity contribution in [2.75, 3.05) is 0 Å². The Balaban J connectivity index is 2.63. The molecule has 0 saturated heterocycles. The Morgan fingerprint density at radius 1 is 1.64 bits per heavy atom. The standard InChI is InChI=1S/C7H7N3O/c1-10-7-4-11-3-5(7)6(2-8)9-10/h3-4H2,1H3. The van der Waals surface area contributed by atoms with E-state index in [0.717, 1.165) is 11.3 Å². The van der Waals surface area contributed by atoms with Gasteiger partial charge in [-0.25, -0.2) is 0 Å². The first kappa shape index (κ1) is 6.38. The molecule has 1 aromatic rings. The fourth-order valence-electron chi connectivity index (χ4n) is 1.27. The average Bonchev–Trinajstić information content (AvgIpc) is 2.54. The SMILES string of the molecule is Cn1nc(C#N)c2c1COC2. The van der Waals surface area contributed by atoms with Crippen molar-refractivity contribution >= 4 is 0 Å². The molecule has 0 spiro atoms. The van der Waals surface area contributed by atoms with Crippen LogP contribution in [-0.4, -0.2) is 9.78 Å². The van der Waals surface area contributed by atoms with E-state index in [0.29, 0.717) is 18.9 Å². The van der Waals surface area contributed by atoms with Crippen LogP contribution in [0.4, 0.5) is 0 Å². The van der Waals surface area contributed by atoms with Crippen LogP contribution in [0.2, 0.25) is 0 Å². The molecule has 1 aromatic heterocycles. The Bertz CT molecular complexity index is 334. The number of fused-ring (bicyclic) bond motifs is 1. The van der Waals surface area contributed by atoms with Gasteiger partial charge in [-0.15, -0.1) is 0 Å². The van der Waals surface area contributed by atoms with Crippen LogP contribution < -0.4 is 0 Å². The zero-order valence-electron chi connectivity index (χ0n) is 6.16. The van der Waals surface area contributed by atoms with Crippen molar-refractivity contribution in [3.63, 3.8) is 0 Å². The van der Waals surface area contributed by atoms with Crippen molar-refractivity contribution < 1.29 is 4.74 Å². The minimum absolute atomic E-state index is 0.500. The molecule has 0 amide bonds. The number of nitriles is 1. The Kier molecular flexibility index (Phi) is 1.20. The number of nitrogens with zero attached hydrogens (tertiary/aromatic N) is 3. The highest BCUT2D eigenvalue weighted by molar-refractivity contribution is 5.35. The largest absolute Gasteiger partial charge is 0.370 e. The molecule has 4 nitrogen and oxygen atoms in total. The lowest BCUT2D eigenvalue weighted by molar-refractivity contribution is 0.129. The van der Waals surface area contributed by atoms with Gasteiger partial charge in [-0.1, -0.05) is 0 Å². The predicted octanol–water partition coefficient (Wildman–Crippen LogP) is 0.322. The molecule has 0 radical (unpaired) electrons. The zero-order chi connectivity index (χ0) is 7.84. The van der Waals surface area contributed by atoms with Crippen LogP contribution in [0, 0.1) is 11.3 Å².